The van der Waals surface area contributed by atoms with Gasteiger partial charge in [-0.1, -0.05) is 35.9 Å². The van der Waals surface area contributed by atoms with E-state index in [0.29, 0.717) is 31.7 Å². The molecule has 3 aromatic carbocycles. The van der Waals surface area contributed by atoms with Crippen molar-refractivity contribution < 1.29 is 19.1 Å². The van der Waals surface area contributed by atoms with Crippen LogP contribution in [0.2, 0.25) is 0 Å². The zero-order valence-corrected chi connectivity index (χ0v) is 19.2. The van der Waals surface area contributed by atoms with Gasteiger partial charge in [0.1, 0.15) is 13.2 Å². The van der Waals surface area contributed by atoms with Crippen LogP contribution in [-0.4, -0.2) is 37.3 Å². The van der Waals surface area contributed by atoms with Crippen LogP contribution in [0.25, 0.3) is 0 Å². The summed E-state index contributed by atoms with van der Waals surface area (Å²) in [5.41, 5.74) is 3.52. The van der Waals surface area contributed by atoms with Crippen molar-refractivity contribution in [3.8, 4) is 11.5 Å². The fourth-order valence-electron chi connectivity index (χ4n) is 3.42. The summed E-state index contributed by atoms with van der Waals surface area (Å²) in [6.45, 7) is 3.60. The fourth-order valence-corrected chi connectivity index (χ4v) is 4.27. The lowest BCUT2D eigenvalue weighted by Crippen LogP contribution is -2.26. The maximum Gasteiger partial charge on any atom is 0.252 e. The SMILES string of the molecule is Cc1ccc(NC(=O)CSc2ccccc2C(=O)NCCc2ccc3c(c2)OCCO3)cc1. The molecule has 33 heavy (non-hydrogen) atoms. The van der Waals surface area contributed by atoms with E-state index in [1.807, 2.05) is 67.6 Å². The van der Waals surface area contributed by atoms with Crippen molar-refractivity contribution in [2.75, 3.05) is 30.8 Å². The Hall–Kier alpha value is -3.45. The predicted octanol–water partition coefficient (Wildman–Crippen LogP) is 4.47. The number of fused-ring (bicyclic) bond motifs is 1. The lowest BCUT2D eigenvalue weighted by Gasteiger charge is -2.19. The summed E-state index contributed by atoms with van der Waals surface area (Å²) in [5.74, 6) is 1.45. The van der Waals surface area contributed by atoms with Crippen molar-refractivity contribution in [1.82, 2.24) is 5.32 Å². The first-order chi connectivity index (χ1) is 16.1. The Labute approximate surface area is 197 Å². The van der Waals surface area contributed by atoms with Crippen molar-refractivity contribution in [1.29, 1.82) is 0 Å². The van der Waals surface area contributed by atoms with E-state index in [2.05, 4.69) is 10.6 Å². The summed E-state index contributed by atoms with van der Waals surface area (Å²) in [6, 6.07) is 20.8. The standard InChI is InChI=1S/C26H26N2O4S/c1-18-6-9-20(10-7-18)28-25(29)17-33-24-5-3-2-4-21(24)26(30)27-13-12-19-8-11-22-23(16-19)32-15-14-31-22/h2-11,16H,12-15,17H2,1H3,(H,27,30)(H,28,29). The molecule has 0 saturated carbocycles. The van der Waals surface area contributed by atoms with E-state index >= 15 is 0 Å². The second-order valence-electron chi connectivity index (χ2n) is 7.68. The molecule has 1 aliphatic rings. The summed E-state index contributed by atoms with van der Waals surface area (Å²) >= 11 is 1.35. The average molecular weight is 463 g/mol. The molecule has 7 heteroatoms. The quantitative estimate of drug-likeness (QED) is 0.483. The Morgan fingerprint density at radius 2 is 1.70 bits per heavy atom. The van der Waals surface area contributed by atoms with Crippen LogP contribution < -0.4 is 20.1 Å². The van der Waals surface area contributed by atoms with Crippen LogP contribution in [0.4, 0.5) is 5.69 Å². The minimum Gasteiger partial charge on any atom is -0.486 e. The van der Waals surface area contributed by atoms with Crippen LogP contribution >= 0.6 is 11.8 Å². The molecular formula is C26H26N2O4S. The third-order valence-corrected chi connectivity index (χ3v) is 6.21. The molecule has 1 aliphatic heterocycles. The molecule has 4 rings (SSSR count). The highest BCUT2D eigenvalue weighted by molar-refractivity contribution is 8.00. The molecule has 170 valence electrons. The van der Waals surface area contributed by atoms with Crippen molar-refractivity contribution in [3.63, 3.8) is 0 Å². The van der Waals surface area contributed by atoms with Crippen molar-refractivity contribution >= 4 is 29.3 Å². The van der Waals surface area contributed by atoms with Gasteiger partial charge in [0.2, 0.25) is 5.91 Å². The molecule has 2 amide bonds. The third-order valence-electron chi connectivity index (χ3n) is 5.13. The van der Waals surface area contributed by atoms with Gasteiger partial charge in [-0.3, -0.25) is 9.59 Å². The summed E-state index contributed by atoms with van der Waals surface area (Å²) in [4.78, 5) is 25.9. The van der Waals surface area contributed by atoms with E-state index in [1.54, 1.807) is 6.07 Å². The molecule has 0 fully saturated rings. The van der Waals surface area contributed by atoms with E-state index < -0.39 is 0 Å². The highest BCUT2D eigenvalue weighted by atomic mass is 32.2. The number of carbonyl (C=O) groups is 2. The normalized spacial score (nSPS) is 12.2. The molecule has 0 aliphatic carbocycles. The van der Waals surface area contributed by atoms with Gasteiger partial charge in [-0.05, 0) is 55.3 Å². The van der Waals surface area contributed by atoms with Crippen LogP contribution in [0.15, 0.2) is 71.6 Å². The van der Waals surface area contributed by atoms with Crippen molar-refractivity contribution in [2.24, 2.45) is 0 Å². The smallest absolute Gasteiger partial charge is 0.252 e. The fraction of sp³-hybridized carbons (Fsp3) is 0.231. The topological polar surface area (TPSA) is 76.7 Å². The number of hydrogen-bond acceptors (Lipinski definition) is 5. The second kappa shape index (κ2) is 10.9. The number of amides is 2. The molecule has 2 N–H and O–H groups in total. The molecule has 3 aromatic rings. The molecule has 0 radical (unpaired) electrons. The zero-order chi connectivity index (χ0) is 23.0. The minimum atomic E-state index is -0.158. The molecule has 0 aromatic heterocycles. The van der Waals surface area contributed by atoms with Gasteiger partial charge < -0.3 is 20.1 Å². The number of benzene rings is 3. The van der Waals surface area contributed by atoms with Crippen molar-refractivity contribution in [3.05, 3.63) is 83.4 Å². The molecule has 0 saturated heterocycles. The van der Waals surface area contributed by atoms with E-state index in [4.69, 9.17) is 9.47 Å². The molecule has 0 spiro atoms. The first-order valence-corrected chi connectivity index (χ1v) is 11.8. The predicted molar refractivity (Wildman–Crippen MR) is 130 cm³/mol. The number of carbonyl (C=O) groups excluding carboxylic acids is 2. The largest absolute Gasteiger partial charge is 0.486 e. The summed E-state index contributed by atoms with van der Waals surface area (Å²) in [6.07, 6.45) is 0.677. The number of anilines is 1. The third kappa shape index (κ3) is 6.29. The lowest BCUT2D eigenvalue weighted by atomic mass is 10.1. The van der Waals surface area contributed by atoms with Gasteiger partial charge in [-0.15, -0.1) is 11.8 Å². The lowest BCUT2D eigenvalue weighted by molar-refractivity contribution is -0.113. The first-order valence-electron chi connectivity index (χ1n) is 10.8. The van der Waals surface area contributed by atoms with Gasteiger partial charge >= 0.3 is 0 Å². The van der Waals surface area contributed by atoms with Gasteiger partial charge in [0.25, 0.3) is 5.91 Å². The Morgan fingerprint density at radius 3 is 2.52 bits per heavy atom. The number of ether oxygens (including phenoxy) is 2. The zero-order valence-electron chi connectivity index (χ0n) is 18.4. The van der Waals surface area contributed by atoms with Crippen LogP contribution in [0.1, 0.15) is 21.5 Å². The first kappa shape index (κ1) is 22.7. The number of thioether (sulfide) groups is 1. The number of hydrogen-bond donors (Lipinski definition) is 2. The van der Waals surface area contributed by atoms with Gasteiger partial charge in [-0.2, -0.15) is 0 Å². The Bertz CT molecular complexity index is 1130. The van der Waals surface area contributed by atoms with Gasteiger partial charge in [0.05, 0.1) is 11.3 Å². The Morgan fingerprint density at radius 1 is 0.939 bits per heavy atom. The minimum absolute atomic E-state index is 0.113. The highest BCUT2D eigenvalue weighted by Gasteiger charge is 2.14. The Balaban J connectivity index is 1.29. The molecular weight excluding hydrogens is 436 g/mol. The number of aryl methyl sites for hydroxylation is 1. The van der Waals surface area contributed by atoms with Crippen LogP contribution in [0, 0.1) is 6.92 Å². The van der Waals surface area contributed by atoms with Gasteiger partial charge in [-0.25, -0.2) is 0 Å². The monoisotopic (exact) mass is 462 g/mol. The van der Waals surface area contributed by atoms with E-state index in [9.17, 15) is 9.59 Å². The number of nitrogens with one attached hydrogen (secondary N) is 2. The van der Waals surface area contributed by atoms with Gasteiger partial charge in [0.15, 0.2) is 11.5 Å². The molecule has 0 bridgehead atoms. The summed E-state index contributed by atoms with van der Waals surface area (Å²) < 4.78 is 11.2. The van der Waals surface area contributed by atoms with E-state index in [1.165, 1.54) is 11.8 Å². The molecule has 6 nitrogen and oxygen atoms in total. The van der Waals surface area contributed by atoms with Crippen molar-refractivity contribution in [2.45, 2.75) is 18.2 Å². The Kier molecular flexibility index (Phi) is 7.52. The number of rotatable bonds is 8. The maximum absolute atomic E-state index is 12.8. The maximum atomic E-state index is 12.8. The van der Waals surface area contributed by atoms with Crippen LogP contribution in [0.5, 0.6) is 11.5 Å². The summed E-state index contributed by atoms with van der Waals surface area (Å²) in [5, 5.41) is 5.86. The average Bonchev–Trinajstić information content (AvgIpc) is 2.84. The van der Waals surface area contributed by atoms with E-state index in [-0.39, 0.29) is 17.6 Å². The summed E-state index contributed by atoms with van der Waals surface area (Å²) in [7, 11) is 0. The second-order valence-corrected chi connectivity index (χ2v) is 8.70. The van der Waals surface area contributed by atoms with Crippen LogP contribution in [0.3, 0.4) is 0 Å². The van der Waals surface area contributed by atoms with E-state index in [0.717, 1.165) is 33.2 Å². The highest BCUT2D eigenvalue weighted by Crippen LogP contribution is 2.30. The molecule has 0 unspecified atom stereocenters. The molecule has 0 atom stereocenters. The van der Waals surface area contributed by atoms with Gasteiger partial charge in [0, 0.05) is 17.1 Å². The van der Waals surface area contributed by atoms with Crippen LogP contribution in [-0.2, 0) is 11.2 Å². The molecule has 1 heterocycles.